The minimum absolute atomic E-state index is 0.194. The van der Waals surface area contributed by atoms with Crippen LogP contribution < -0.4 is 21.1 Å². The number of nitrogens with zero attached hydrogens (tertiary/aromatic N) is 5. The Kier molecular flexibility index (Phi) is 6.55. The third-order valence-corrected chi connectivity index (χ3v) is 7.42. The number of carbonyl (C=O) groups excluding carboxylic acids is 1. The Bertz CT molecular complexity index is 2130. The molecule has 10 heteroatoms. The van der Waals surface area contributed by atoms with Crippen LogP contribution in [0.1, 0.15) is 51.5 Å². The van der Waals surface area contributed by atoms with Crippen molar-refractivity contribution in [2.24, 2.45) is 7.05 Å². The second kappa shape index (κ2) is 10.4. The number of aromatic nitrogens is 6. The summed E-state index contributed by atoms with van der Waals surface area (Å²) in [5.41, 5.74) is 11.1. The van der Waals surface area contributed by atoms with Crippen LogP contribution in [-0.4, -0.2) is 30.3 Å². The first-order chi connectivity index (χ1) is 20.2. The van der Waals surface area contributed by atoms with E-state index in [0.29, 0.717) is 28.0 Å². The summed E-state index contributed by atoms with van der Waals surface area (Å²) in [6.07, 6.45) is 3.32. The number of fused-ring (bicyclic) bond motifs is 2. The first-order valence-electron chi connectivity index (χ1n) is 13.5. The molecule has 0 bridgehead atoms. The van der Waals surface area contributed by atoms with Crippen LogP contribution in [0.5, 0.6) is 0 Å². The summed E-state index contributed by atoms with van der Waals surface area (Å²) in [6.45, 7) is 5.72. The van der Waals surface area contributed by atoms with Gasteiger partial charge in [0.05, 0.1) is 28.4 Å². The molecule has 4 N–H and O–H groups in total. The fourth-order valence-electron chi connectivity index (χ4n) is 5.25. The van der Waals surface area contributed by atoms with Crippen LogP contribution in [-0.2, 0) is 7.05 Å². The van der Waals surface area contributed by atoms with Gasteiger partial charge in [-0.05, 0) is 55.4 Å². The Balaban J connectivity index is 1.49. The number of benzene rings is 2. The zero-order valence-electron chi connectivity index (χ0n) is 23.6. The third-order valence-electron chi connectivity index (χ3n) is 7.42. The van der Waals surface area contributed by atoms with E-state index in [1.54, 1.807) is 32.2 Å². The molecule has 6 aromatic rings. The van der Waals surface area contributed by atoms with Crippen molar-refractivity contribution in [3.63, 3.8) is 0 Å². The Morgan fingerprint density at radius 2 is 1.88 bits per heavy atom. The van der Waals surface area contributed by atoms with Gasteiger partial charge in [0.2, 0.25) is 0 Å². The SMILES string of the molecule is Cc1nn(C)c(C)c1C#Cc1cccc2cc(C(C)NC(=O)c3c(N)[nH][n+]4cccnc34)n(-c3ccccc3)c(=O)c12. The van der Waals surface area contributed by atoms with Gasteiger partial charge < -0.3 is 11.1 Å². The molecule has 0 fully saturated rings. The topological polar surface area (TPSA) is 128 Å². The number of carbonyl (C=O) groups is 1. The van der Waals surface area contributed by atoms with Gasteiger partial charge in [-0.1, -0.05) is 42.2 Å². The number of aromatic amines is 1. The molecule has 0 aliphatic heterocycles. The fraction of sp³-hybridized carbons (Fsp3) is 0.156. The number of hydrogen-bond donors (Lipinski definition) is 3. The van der Waals surface area contributed by atoms with Crippen LogP contribution in [0.3, 0.4) is 0 Å². The molecule has 1 unspecified atom stereocenters. The van der Waals surface area contributed by atoms with E-state index in [4.69, 9.17) is 5.73 Å². The van der Waals surface area contributed by atoms with Crippen LogP contribution in [0, 0.1) is 25.7 Å². The molecule has 42 heavy (non-hydrogen) atoms. The highest BCUT2D eigenvalue weighted by molar-refractivity contribution is 6.03. The summed E-state index contributed by atoms with van der Waals surface area (Å²) in [5, 5.41) is 11.6. The molecule has 6 rings (SSSR count). The number of aryl methyl sites for hydroxylation is 2. The normalized spacial score (nSPS) is 11.8. The Hall–Kier alpha value is -5.69. The summed E-state index contributed by atoms with van der Waals surface area (Å²) in [4.78, 5) is 32.1. The van der Waals surface area contributed by atoms with E-state index in [0.717, 1.165) is 22.3 Å². The number of para-hydroxylation sites is 1. The van der Waals surface area contributed by atoms with Gasteiger partial charge >= 0.3 is 5.65 Å². The molecule has 1 atom stereocenters. The van der Waals surface area contributed by atoms with Crippen molar-refractivity contribution >= 4 is 28.1 Å². The minimum atomic E-state index is -0.566. The molecule has 4 heterocycles. The number of amides is 1. The van der Waals surface area contributed by atoms with Crippen molar-refractivity contribution in [1.29, 1.82) is 0 Å². The quantitative estimate of drug-likeness (QED) is 0.226. The van der Waals surface area contributed by atoms with Crippen LogP contribution in [0.2, 0.25) is 0 Å². The summed E-state index contributed by atoms with van der Waals surface area (Å²) >= 11 is 0. The molecule has 0 aliphatic carbocycles. The Morgan fingerprint density at radius 1 is 1.10 bits per heavy atom. The second-order valence-electron chi connectivity index (χ2n) is 10.1. The zero-order chi connectivity index (χ0) is 29.5. The van der Waals surface area contributed by atoms with E-state index in [2.05, 4.69) is 32.3 Å². The number of nitrogen functional groups attached to an aromatic ring is 1. The second-order valence-corrected chi connectivity index (χ2v) is 10.1. The van der Waals surface area contributed by atoms with E-state index in [1.165, 1.54) is 0 Å². The summed E-state index contributed by atoms with van der Waals surface area (Å²) in [7, 11) is 1.88. The molecule has 4 aromatic heterocycles. The predicted molar refractivity (Wildman–Crippen MR) is 160 cm³/mol. The van der Waals surface area contributed by atoms with Crippen molar-refractivity contribution < 1.29 is 9.31 Å². The molecule has 208 valence electrons. The van der Waals surface area contributed by atoms with Gasteiger partial charge in [-0.15, -0.1) is 4.52 Å². The number of rotatable bonds is 4. The number of anilines is 1. The van der Waals surface area contributed by atoms with E-state index < -0.39 is 11.9 Å². The predicted octanol–water partition coefficient (Wildman–Crippen LogP) is 3.28. The van der Waals surface area contributed by atoms with E-state index >= 15 is 0 Å². The van der Waals surface area contributed by atoms with E-state index in [-0.39, 0.29) is 16.9 Å². The number of nitrogens with one attached hydrogen (secondary N) is 2. The highest BCUT2D eigenvalue weighted by atomic mass is 16.2. The molecule has 0 saturated carbocycles. The highest BCUT2D eigenvalue weighted by Gasteiger charge is 2.27. The van der Waals surface area contributed by atoms with Crippen molar-refractivity contribution in [3.8, 4) is 17.5 Å². The molecule has 0 saturated heterocycles. The number of pyridine rings is 1. The van der Waals surface area contributed by atoms with E-state index in [9.17, 15) is 9.59 Å². The van der Waals surface area contributed by atoms with Gasteiger partial charge in [0.25, 0.3) is 11.5 Å². The van der Waals surface area contributed by atoms with Crippen LogP contribution in [0.4, 0.5) is 5.82 Å². The first-order valence-corrected chi connectivity index (χ1v) is 13.5. The third kappa shape index (κ3) is 4.47. The lowest BCUT2D eigenvalue weighted by Crippen LogP contribution is -2.33. The number of H-pyrrole nitrogens is 1. The summed E-state index contributed by atoms with van der Waals surface area (Å²) in [6, 6.07) is 18.1. The summed E-state index contributed by atoms with van der Waals surface area (Å²) in [5.74, 6) is 6.25. The van der Waals surface area contributed by atoms with E-state index in [1.807, 2.05) is 82.4 Å². The standard InChI is InChI=1S/C32H28N8O2/c1-19-25(21(3)38(4)36-19)15-14-22-10-8-11-23-18-26(40(32(42)27(22)23)24-12-6-5-7-13-24)20(2)35-31(41)28-29(33)37-39-17-9-16-34-30(28)39/h5-13,16-18,20H,1-4H3,(H3,33,35,37,41)/p+1. The highest BCUT2D eigenvalue weighted by Crippen LogP contribution is 2.24. The van der Waals surface area contributed by atoms with Crippen molar-refractivity contribution in [1.82, 2.24) is 29.7 Å². The Morgan fingerprint density at radius 3 is 2.62 bits per heavy atom. The molecule has 2 aromatic carbocycles. The largest absolute Gasteiger partial charge is 0.382 e. The summed E-state index contributed by atoms with van der Waals surface area (Å²) < 4.78 is 5.01. The van der Waals surface area contributed by atoms with Gasteiger partial charge in [-0.2, -0.15) is 5.10 Å². The lowest BCUT2D eigenvalue weighted by atomic mass is 10.0. The lowest BCUT2D eigenvalue weighted by molar-refractivity contribution is -0.577. The average molecular weight is 558 g/mol. The maximum atomic E-state index is 14.3. The van der Waals surface area contributed by atoms with Crippen LogP contribution in [0.15, 0.2) is 77.9 Å². The Labute approximate surface area is 241 Å². The maximum absolute atomic E-state index is 14.3. The molecular weight excluding hydrogens is 528 g/mol. The van der Waals surface area contributed by atoms with Gasteiger partial charge in [0.1, 0.15) is 12.4 Å². The van der Waals surface area contributed by atoms with Gasteiger partial charge in [0.15, 0.2) is 11.4 Å². The molecule has 10 nitrogen and oxygen atoms in total. The number of hydrogen-bond acceptors (Lipinski definition) is 5. The average Bonchev–Trinajstić information content (AvgIpc) is 3.44. The maximum Gasteiger partial charge on any atom is 0.362 e. The molecule has 0 radical (unpaired) electrons. The van der Waals surface area contributed by atoms with Crippen molar-refractivity contribution in [2.75, 3.05) is 5.73 Å². The molecule has 0 aliphatic rings. The monoisotopic (exact) mass is 557 g/mol. The minimum Gasteiger partial charge on any atom is -0.382 e. The van der Waals surface area contributed by atoms with Crippen LogP contribution in [0.25, 0.3) is 22.1 Å². The fourth-order valence-corrected chi connectivity index (χ4v) is 5.25. The van der Waals surface area contributed by atoms with Gasteiger partial charge in [0, 0.05) is 30.1 Å². The molecule has 1 amide bonds. The number of nitrogens with two attached hydrogens (primary N) is 1. The molecule has 0 spiro atoms. The van der Waals surface area contributed by atoms with Gasteiger partial charge in [-0.25, -0.2) is 5.10 Å². The van der Waals surface area contributed by atoms with Gasteiger partial charge in [-0.3, -0.25) is 18.8 Å². The molecular formula is C32H29N8O2+. The zero-order valence-corrected chi connectivity index (χ0v) is 23.6. The smallest absolute Gasteiger partial charge is 0.362 e. The van der Waals surface area contributed by atoms with Crippen LogP contribution >= 0.6 is 0 Å². The first kappa shape index (κ1) is 26.5. The lowest BCUT2D eigenvalue weighted by Gasteiger charge is -2.21. The van der Waals surface area contributed by atoms with Crippen molar-refractivity contribution in [3.05, 3.63) is 117 Å². The van der Waals surface area contributed by atoms with Crippen molar-refractivity contribution in [2.45, 2.75) is 26.8 Å².